The topological polar surface area (TPSA) is 118 Å². The van der Waals surface area contributed by atoms with E-state index in [-0.39, 0.29) is 75.5 Å². The summed E-state index contributed by atoms with van der Waals surface area (Å²) in [5.41, 5.74) is 1.20. The standard InChI is InChI=1S/C16H17N2O5PS.2Na/c1-2-14(19)12-8-25-16(17-12)15(20)11-7-18(9-24(21,22)23)13-6-4-3-5-10(11)13;;/h3-8,14,19H,2,9H2,1H3,(H2,21,22,23);;/q;2*+1/p-2/t14-;;/m0../s1. The van der Waals surface area contributed by atoms with E-state index in [1.54, 1.807) is 29.6 Å². The molecule has 0 aliphatic heterocycles. The molecule has 1 atom stereocenters. The van der Waals surface area contributed by atoms with Gasteiger partial charge in [0.15, 0.2) is 5.01 Å². The summed E-state index contributed by atoms with van der Waals surface area (Å²) >= 11 is 1.12. The van der Waals surface area contributed by atoms with E-state index in [2.05, 4.69) is 4.98 Å². The average molecular weight is 424 g/mol. The Kier molecular flexibility index (Phi) is 9.59. The summed E-state index contributed by atoms with van der Waals surface area (Å²) in [6, 6.07) is 6.77. The molecule has 132 valence electrons. The molecule has 27 heavy (non-hydrogen) atoms. The molecule has 0 unspecified atom stereocenters. The zero-order valence-electron chi connectivity index (χ0n) is 15.3. The van der Waals surface area contributed by atoms with Crippen LogP contribution < -0.4 is 68.9 Å². The van der Waals surface area contributed by atoms with Gasteiger partial charge in [-0.15, -0.1) is 11.3 Å². The number of hydrogen-bond donors (Lipinski definition) is 1. The van der Waals surface area contributed by atoms with Crippen molar-refractivity contribution in [2.24, 2.45) is 0 Å². The number of carbonyl (C=O) groups is 1. The van der Waals surface area contributed by atoms with Crippen molar-refractivity contribution >= 4 is 35.6 Å². The molecule has 0 saturated heterocycles. The smallest absolute Gasteiger partial charge is 0.809 e. The summed E-state index contributed by atoms with van der Waals surface area (Å²) in [6.07, 6.45) is 0.399. The van der Waals surface area contributed by atoms with Gasteiger partial charge in [-0.2, -0.15) is 0 Å². The third kappa shape index (κ3) is 5.84. The van der Waals surface area contributed by atoms with Gasteiger partial charge >= 0.3 is 59.1 Å². The van der Waals surface area contributed by atoms with E-state index in [9.17, 15) is 24.3 Å². The van der Waals surface area contributed by atoms with Crippen LogP contribution in [0.1, 0.15) is 40.5 Å². The Bertz CT molecular complexity index is 984. The fourth-order valence-corrected chi connectivity index (χ4v) is 4.02. The Balaban J connectivity index is 0.00000182. The number of hydrogen-bond acceptors (Lipinski definition) is 7. The maximum atomic E-state index is 12.8. The molecule has 2 aromatic heterocycles. The number of para-hydroxylation sites is 1. The molecule has 0 saturated carbocycles. The molecule has 7 nitrogen and oxygen atoms in total. The number of rotatable bonds is 6. The maximum absolute atomic E-state index is 12.8. The summed E-state index contributed by atoms with van der Waals surface area (Å²) in [7, 11) is -4.79. The first-order valence-corrected chi connectivity index (χ1v) is 10.2. The molecule has 0 spiro atoms. The number of aromatic nitrogens is 2. The molecule has 11 heteroatoms. The molecule has 0 radical (unpaired) electrons. The van der Waals surface area contributed by atoms with Crippen LogP contribution in [0.15, 0.2) is 35.8 Å². The molecule has 1 aromatic carbocycles. The quantitative estimate of drug-likeness (QED) is 0.243. The van der Waals surface area contributed by atoms with E-state index >= 15 is 0 Å². The number of fused-ring (bicyclic) bond motifs is 1. The van der Waals surface area contributed by atoms with E-state index in [1.807, 2.05) is 6.92 Å². The number of carbonyl (C=O) groups excluding carboxylic acids is 1. The summed E-state index contributed by atoms with van der Waals surface area (Å²) in [5, 5.41) is 12.2. The molecule has 0 fully saturated rings. The van der Waals surface area contributed by atoms with Crippen LogP contribution >= 0.6 is 18.9 Å². The fraction of sp³-hybridized carbons (Fsp3) is 0.250. The van der Waals surface area contributed by atoms with Crippen LogP contribution in [0.2, 0.25) is 0 Å². The van der Waals surface area contributed by atoms with Gasteiger partial charge < -0.3 is 24.0 Å². The van der Waals surface area contributed by atoms with Crippen molar-refractivity contribution < 1.29 is 83.4 Å². The number of aliphatic hydroxyl groups excluding tert-OH is 1. The second-order valence-corrected chi connectivity index (χ2v) is 7.98. The van der Waals surface area contributed by atoms with Crippen molar-refractivity contribution in [1.82, 2.24) is 9.55 Å². The monoisotopic (exact) mass is 424 g/mol. The molecule has 2 heterocycles. The Morgan fingerprint density at radius 1 is 1.33 bits per heavy atom. The van der Waals surface area contributed by atoms with Crippen molar-refractivity contribution in [3.05, 3.63) is 52.1 Å². The minimum Gasteiger partial charge on any atom is -0.809 e. The van der Waals surface area contributed by atoms with Gasteiger partial charge in [-0.3, -0.25) is 4.79 Å². The summed E-state index contributed by atoms with van der Waals surface area (Å²) < 4.78 is 12.4. The van der Waals surface area contributed by atoms with Crippen LogP contribution in [-0.2, 0) is 10.9 Å². The van der Waals surface area contributed by atoms with Crippen molar-refractivity contribution in [2.45, 2.75) is 25.7 Å². The SMILES string of the molecule is CC[C@H](O)c1csc(C(=O)c2cn(CP(=O)([O-])[O-])c3ccccc23)n1.[Na+].[Na+]. The first kappa shape index (κ1) is 25.2. The summed E-state index contributed by atoms with van der Waals surface area (Å²) in [6.45, 7) is 1.81. The van der Waals surface area contributed by atoms with Crippen LogP contribution in [0.25, 0.3) is 10.9 Å². The molecule has 3 aromatic rings. The Morgan fingerprint density at radius 3 is 2.63 bits per heavy atom. The molecule has 0 amide bonds. The maximum Gasteiger partial charge on any atom is 1.00 e. The Labute approximate surface area is 204 Å². The van der Waals surface area contributed by atoms with Gasteiger partial charge in [0.05, 0.1) is 17.4 Å². The predicted molar refractivity (Wildman–Crippen MR) is 90.3 cm³/mol. The van der Waals surface area contributed by atoms with E-state index in [4.69, 9.17) is 0 Å². The van der Waals surface area contributed by atoms with E-state index in [0.717, 1.165) is 11.3 Å². The van der Waals surface area contributed by atoms with Crippen LogP contribution in [-0.4, -0.2) is 20.4 Å². The molecule has 0 aliphatic rings. The minimum absolute atomic E-state index is 0. The summed E-state index contributed by atoms with van der Waals surface area (Å²) in [5.74, 6) is -0.374. The molecular formula is C16H15N2Na2O5PS. The van der Waals surface area contributed by atoms with E-state index in [1.165, 1.54) is 10.8 Å². The van der Waals surface area contributed by atoms with Gasteiger partial charge in [-0.05, 0) is 20.1 Å². The molecule has 0 aliphatic carbocycles. The average Bonchev–Trinajstić information content (AvgIpc) is 3.18. The van der Waals surface area contributed by atoms with Crippen molar-refractivity contribution in [2.75, 3.05) is 0 Å². The molecule has 3 rings (SSSR count). The summed E-state index contributed by atoms with van der Waals surface area (Å²) in [4.78, 5) is 39.2. The van der Waals surface area contributed by atoms with Crippen molar-refractivity contribution in [1.29, 1.82) is 0 Å². The van der Waals surface area contributed by atoms with Gasteiger partial charge in [0.2, 0.25) is 5.78 Å². The Hall–Kier alpha value is 0.170. The third-order valence-corrected chi connectivity index (χ3v) is 5.31. The van der Waals surface area contributed by atoms with Crippen LogP contribution in [0.3, 0.4) is 0 Å². The number of thiazole rings is 1. The largest absolute Gasteiger partial charge is 1.00 e. The van der Waals surface area contributed by atoms with Gasteiger partial charge in [0, 0.05) is 28.8 Å². The normalized spacial score (nSPS) is 12.3. The van der Waals surface area contributed by atoms with E-state index < -0.39 is 20.0 Å². The first-order chi connectivity index (χ1) is 11.8. The van der Waals surface area contributed by atoms with Crippen LogP contribution in [0, 0.1) is 0 Å². The number of nitrogens with zero attached hydrogens (tertiary/aromatic N) is 2. The zero-order chi connectivity index (χ0) is 18.2. The van der Waals surface area contributed by atoms with Crippen LogP contribution in [0.4, 0.5) is 0 Å². The van der Waals surface area contributed by atoms with Gasteiger partial charge in [-0.25, -0.2) is 4.98 Å². The third-order valence-electron chi connectivity index (χ3n) is 3.80. The molecular weight excluding hydrogens is 409 g/mol. The first-order valence-electron chi connectivity index (χ1n) is 7.57. The second kappa shape index (κ2) is 10.3. The van der Waals surface area contributed by atoms with Crippen LogP contribution in [0.5, 0.6) is 0 Å². The number of ketones is 1. The predicted octanol–water partition coefficient (Wildman–Crippen LogP) is -4.35. The molecule has 0 bridgehead atoms. The van der Waals surface area contributed by atoms with Crippen molar-refractivity contribution in [3.8, 4) is 0 Å². The fourth-order valence-electron chi connectivity index (χ4n) is 2.60. The number of benzene rings is 1. The van der Waals surface area contributed by atoms with E-state index in [0.29, 0.717) is 23.0 Å². The Morgan fingerprint density at radius 2 is 2.00 bits per heavy atom. The van der Waals surface area contributed by atoms with Crippen molar-refractivity contribution in [3.63, 3.8) is 0 Å². The number of aliphatic hydroxyl groups is 1. The van der Waals surface area contributed by atoms with Gasteiger partial charge in [0.1, 0.15) is 0 Å². The second-order valence-electron chi connectivity index (χ2n) is 5.61. The zero-order valence-corrected chi connectivity index (χ0v) is 21.0. The van der Waals surface area contributed by atoms with Gasteiger partial charge in [0.25, 0.3) is 0 Å². The van der Waals surface area contributed by atoms with Gasteiger partial charge in [-0.1, -0.05) is 25.1 Å². The minimum atomic E-state index is -4.79. The molecule has 1 N–H and O–H groups in total.